The molecule has 1 aliphatic heterocycles. The molecule has 0 saturated carbocycles. The van der Waals surface area contributed by atoms with Gasteiger partial charge in [-0.3, -0.25) is 0 Å². The van der Waals surface area contributed by atoms with Gasteiger partial charge in [0.25, 0.3) is 0 Å². The molecule has 19 heavy (non-hydrogen) atoms. The molecular weight excluding hydrogens is 238 g/mol. The van der Waals surface area contributed by atoms with Crippen LogP contribution in [0.25, 0.3) is 0 Å². The fourth-order valence-electron chi connectivity index (χ4n) is 2.76. The Kier molecular flexibility index (Phi) is 5.83. The Morgan fingerprint density at radius 3 is 3.00 bits per heavy atom. The van der Waals surface area contributed by atoms with Gasteiger partial charge in [0.2, 0.25) is 0 Å². The van der Waals surface area contributed by atoms with E-state index in [1.807, 2.05) is 0 Å². The van der Waals surface area contributed by atoms with Crippen LogP contribution in [0.2, 0.25) is 0 Å². The molecule has 1 fully saturated rings. The Morgan fingerprint density at radius 1 is 1.37 bits per heavy atom. The Bertz CT molecular complexity index is 381. The Labute approximate surface area is 116 Å². The lowest BCUT2D eigenvalue weighted by molar-refractivity contribution is -0.0283. The average molecular weight is 263 g/mol. The van der Waals surface area contributed by atoms with Gasteiger partial charge in [0, 0.05) is 32.7 Å². The minimum Gasteiger partial charge on any atom is -0.383 e. The summed E-state index contributed by atoms with van der Waals surface area (Å²) in [6.45, 7) is 5.73. The van der Waals surface area contributed by atoms with E-state index in [1.54, 1.807) is 7.11 Å². The van der Waals surface area contributed by atoms with Crippen LogP contribution in [0.3, 0.4) is 0 Å². The van der Waals surface area contributed by atoms with Gasteiger partial charge in [-0.1, -0.05) is 24.3 Å². The van der Waals surface area contributed by atoms with Crippen molar-refractivity contribution < 1.29 is 9.47 Å². The highest BCUT2D eigenvalue weighted by Gasteiger charge is 2.27. The fraction of sp³-hybridized carbons (Fsp3) is 0.625. The van der Waals surface area contributed by atoms with Crippen molar-refractivity contribution in [1.82, 2.24) is 5.32 Å². The van der Waals surface area contributed by atoms with Gasteiger partial charge >= 0.3 is 0 Å². The number of benzene rings is 1. The van der Waals surface area contributed by atoms with E-state index in [1.165, 1.54) is 24.0 Å². The van der Waals surface area contributed by atoms with Crippen molar-refractivity contribution in [2.75, 3.05) is 33.4 Å². The van der Waals surface area contributed by atoms with Gasteiger partial charge in [-0.25, -0.2) is 0 Å². The van der Waals surface area contributed by atoms with Crippen LogP contribution >= 0.6 is 0 Å². The number of hydrogen-bond donors (Lipinski definition) is 1. The molecule has 2 unspecified atom stereocenters. The second kappa shape index (κ2) is 7.63. The molecule has 1 N–H and O–H groups in total. The molecular formula is C16H25NO2. The van der Waals surface area contributed by atoms with Crippen molar-refractivity contribution in [3.05, 3.63) is 35.4 Å². The van der Waals surface area contributed by atoms with Crippen molar-refractivity contribution in [3.63, 3.8) is 0 Å². The van der Waals surface area contributed by atoms with Crippen LogP contribution in [0.1, 0.15) is 30.1 Å². The first kappa shape index (κ1) is 14.5. The molecule has 1 aliphatic rings. The zero-order chi connectivity index (χ0) is 13.5. The smallest absolute Gasteiger partial charge is 0.0867 e. The Balaban J connectivity index is 1.98. The first-order valence-electron chi connectivity index (χ1n) is 7.19. The van der Waals surface area contributed by atoms with Gasteiger partial charge in [-0.05, 0) is 30.9 Å². The van der Waals surface area contributed by atoms with Gasteiger partial charge in [0.15, 0.2) is 0 Å². The van der Waals surface area contributed by atoms with E-state index in [2.05, 4.69) is 36.5 Å². The number of methoxy groups -OCH3 is 1. The molecule has 3 nitrogen and oxygen atoms in total. The standard InChI is InChI=1S/C16H25NO2/c1-13-6-3-4-8-15(13)16-14(7-5-10-19-16)12-17-9-11-18-2/h3-4,6,8,14,16-17H,5,7,9-12H2,1-2H3. The first-order chi connectivity index (χ1) is 9.33. The Morgan fingerprint density at radius 2 is 2.21 bits per heavy atom. The normalized spacial score (nSPS) is 23.5. The molecule has 106 valence electrons. The second-order valence-corrected chi connectivity index (χ2v) is 5.25. The van der Waals surface area contributed by atoms with Crippen LogP contribution in [-0.4, -0.2) is 33.4 Å². The molecule has 1 aromatic rings. The summed E-state index contributed by atoms with van der Waals surface area (Å²) in [6.07, 6.45) is 2.64. The summed E-state index contributed by atoms with van der Waals surface area (Å²) < 4.78 is 11.1. The van der Waals surface area contributed by atoms with Crippen LogP contribution in [0.5, 0.6) is 0 Å². The Hall–Kier alpha value is -0.900. The summed E-state index contributed by atoms with van der Waals surface area (Å²) in [5.74, 6) is 0.562. The minimum absolute atomic E-state index is 0.241. The molecule has 1 aromatic carbocycles. The molecule has 2 rings (SSSR count). The summed E-state index contributed by atoms with van der Waals surface area (Å²) in [7, 11) is 1.74. The molecule has 1 saturated heterocycles. The lowest BCUT2D eigenvalue weighted by atomic mass is 9.87. The molecule has 0 bridgehead atoms. The largest absolute Gasteiger partial charge is 0.383 e. The van der Waals surface area contributed by atoms with Crippen LogP contribution in [-0.2, 0) is 9.47 Å². The van der Waals surface area contributed by atoms with Crippen molar-refractivity contribution >= 4 is 0 Å². The maximum atomic E-state index is 6.04. The number of rotatable bonds is 6. The highest BCUT2D eigenvalue weighted by Crippen LogP contribution is 2.34. The zero-order valence-corrected chi connectivity index (χ0v) is 12.0. The predicted octanol–water partition coefficient (Wildman–Crippen LogP) is 2.70. The third-order valence-electron chi connectivity index (χ3n) is 3.83. The first-order valence-corrected chi connectivity index (χ1v) is 7.19. The van der Waals surface area contributed by atoms with E-state index in [4.69, 9.17) is 9.47 Å². The van der Waals surface area contributed by atoms with Crippen LogP contribution in [0.4, 0.5) is 0 Å². The lowest BCUT2D eigenvalue weighted by Gasteiger charge is -2.33. The number of hydrogen-bond acceptors (Lipinski definition) is 3. The van der Waals surface area contributed by atoms with Gasteiger partial charge in [-0.2, -0.15) is 0 Å². The molecule has 0 amide bonds. The van der Waals surface area contributed by atoms with E-state index in [0.29, 0.717) is 5.92 Å². The molecule has 0 aromatic heterocycles. The topological polar surface area (TPSA) is 30.5 Å². The fourth-order valence-corrected chi connectivity index (χ4v) is 2.76. The van der Waals surface area contributed by atoms with Gasteiger partial charge in [0.05, 0.1) is 12.7 Å². The number of aryl methyl sites for hydroxylation is 1. The zero-order valence-electron chi connectivity index (χ0n) is 12.0. The van der Waals surface area contributed by atoms with Crippen LogP contribution in [0, 0.1) is 12.8 Å². The van der Waals surface area contributed by atoms with E-state index in [9.17, 15) is 0 Å². The third kappa shape index (κ3) is 4.03. The van der Waals surface area contributed by atoms with Crippen molar-refractivity contribution in [2.24, 2.45) is 5.92 Å². The molecule has 2 atom stereocenters. The minimum atomic E-state index is 0.241. The quantitative estimate of drug-likeness (QED) is 0.801. The summed E-state index contributed by atoms with van der Waals surface area (Å²) in [6, 6.07) is 8.57. The second-order valence-electron chi connectivity index (χ2n) is 5.25. The highest BCUT2D eigenvalue weighted by atomic mass is 16.5. The lowest BCUT2D eigenvalue weighted by Crippen LogP contribution is -2.33. The van der Waals surface area contributed by atoms with E-state index < -0.39 is 0 Å². The monoisotopic (exact) mass is 263 g/mol. The van der Waals surface area contributed by atoms with Gasteiger partial charge < -0.3 is 14.8 Å². The van der Waals surface area contributed by atoms with Crippen LogP contribution < -0.4 is 5.32 Å². The van der Waals surface area contributed by atoms with Gasteiger partial charge in [0.1, 0.15) is 0 Å². The molecule has 0 spiro atoms. The summed E-state index contributed by atoms with van der Waals surface area (Å²) in [4.78, 5) is 0. The van der Waals surface area contributed by atoms with Crippen molar-refractivity contribution in [3.8, 4) is 0 Å². The molecule has 0 radical (unpaired) electrons. The van der Waals surface area contributed by atoms with E-state index >= 15 is 0 Å². The summed E-state index contributed by atoms with van der Waals surface area (Å²) >= 11 is 0. The third-order valence-corrected chi connectivity index (χ3v) is 3.83. The summed E-state index contributed by atoms with van der Waals surface area (Å²) in [5, 5.41) is 3.47. The van der Waals surface area contributed by atoms with E-state index in [0.717, 1.165) is 26.3 Å². The maximum Gasteiger partial charge on any atom is 0.0867 e. The molecule has 1 heterocycles. The number of nitrogens with one attached hydrogen (secondary N) is 1. The average Bonchev–Trinajstić information content (AvgIpc) is 2.45. The SMILES string of the molecule is COCCNCC1CCCOC1c1ccccc1C. The van der Waals surface area contributed by atoms with Crippen LogP contribution in [0.15, 0.2) is 24.3 Å². The number of ether oxygens (including phenoxy) is 2. The maximum absolute atomic E-state index is 6.04. The molecule has 3 heteroatoms. The van der Waals surface area contributed by atoms with Crippen molar-refractivity contribution in [2.45, 2.75) is 25.9 Å². The highest BCUT2D eigenvalue weighted by molar-refractivity contribution is 5.28. The predicted molar refractivity (Wildman–Crippen MR) is 77.3 cm³/mol. The summed E-state index contributed by atoms with van der Waals surface area (Å²) in [5.41, 5.74) is 2.68. The van der Waals surface area contributed by atoms with E-state index in [-0.39, 0.29) is 6.10 Å². The van der Waals surface area contributed by atoms with Gasteiger partial charge in [-0.15, -0.1) is 0 Å². The molecule has 0 aliphatic carbocycles. The van der Waals surface area contributed by atoms with Crippen molar-refractivity contribution in [1.29, 1.82) is 0 Å².